The molecule has 3 fully saturated rings. The third-order valence-corrected chi connectivity index (χ3v) is 6.71. The van der Waals surface area contributed by atoms with Gasteiger partial charge in [0.05, 0.1) is 0 Å². The van der Waals surface area contributed by atoms with E-state index in [1.165, 1.54) is 25.0 Å². The van der Waals surface area contributed by atoms with Crippen LogP contribution in [-0.4, -0.2) is 29.1 Å². The van der Waals surface area contributed by atoms with Gasteiger partial charge in [-0.15, -0.1) is 0 Å². The smallest absolute Gasteiger partial charge is 0.135 e. The van der Waals surface area contributed by atoms with Crippen LogP contribution < -0.4 is 0 Å². The molecule has 0 radical (unpaired) electrons. The fourth-order valence-corrected chi connectivity index (χ4v) is 4.69. The predicted molar refractivity (Wildman–Crippen MR) is 76.8 cm³/mol. The summed E-state index contributed by atoms with van der Waals surface area (Å²) in [7, 11) is 4.08. The number of nitrogens with zero attached hydrogens (tertiary/aromatic N) is 1. The lowest BCUT2D eigenvalue weighted by atomic mass is 9.46. The standard InChI is InChI=1S/C13H23NS2/c1-13(2)10-6-5-9(11(13)7-10)8-16-12(15)14(3)4/h9-11H,5-8H2,1-4H3/t9-,10-,11-/m1/s1. The van der Waals surface area contributed by atoms with Crippen molar-refractivity contribution in [3.05, 3.63) is 0 Å². The monoisotopic (exact) mass is 257 g/mol. The third kappa shape index (κ3) is 2.13. The van der Waals surface area contributed by atoms with Crippen LogP contribution in [0.15, 0.2) is 0 Å². The second-order valence-electron chi connectivity index (χ2n) is 6.17. The Morgan fingerprint density at radius 2 is 2.06 bits per heavy atom. The molecule has 3 atom stereocenters. The second-order valence-corrected chi connectivity index (χ2v) is 7.82. The lowest BCUT2D eigenvalue weighted by molar-refractivity contribution is -0.0973. The zero-order chi connectivity index (χ0) is 11.9. The molecule has 3 aliphatic carbocycles. The molecule has 0 aromatic heterocycles. The van der Waals surface area contributed by atoms with Crippen molar-refractivity contribution in [2.24, 2.45) is 23.2 Å². The first-order chi connectivity index (χ1) is 7.43. The summed E-state index contributed by atoms with van der Waals surface area (Å²) in [4.78, 5) is 2.05. The van der Waals surface area contributed by atoms with Gasteiger partial charge in [-0.3, -0.25) is 0 Å². The summed E-state index contributed by atoms with van der Waals surface area (Å²) in [5, 5.41) is 0. The summed E-state index contributed by atoms with van der Waals surface area (Å²) < 4.78 is 1.04. The molecule has 1 nitrogen and oxygen atoms in total. The molecule has 92 valence electrons. The highest BCUT2D eigenvalue weighted by Gasteiger charge is 2.53. The highest BCUT2D eigenvalue weighted by atomic mass is 32.2. The van der Waals surface area contributed by atoms with Crippen LogP contribution in [0.4, 0.5) is 0 Å². The van der Waals surface area contributed by atoms with Crippen LogP contribution in [-0.2, 0) is 0 Å². The number of thioether (sulfide) groups is 1. The van der Waals surface area contributed by atoms with Gasteiger partial charge >= 0.3 is 0 Å². The second kappa shape index (κ2) is 4.49. The van der Waals surface area contributed by atoms with Gasteiger partial charge in [-0.1, -0.05) is 37.8 Å². The minimum absolute atomic E-state index is 0.614. The molecule has 0 aliphatic heterocycles. The zero-order valence-corrected chi connectivity index (χ0v) is 12.5. The molecule has 0 unspecified atom stereocenters. The number of hydrogen-bond acceptors (Lipinski definition) is 2. The lowest BCUT2D eigenvalue weighted by Crippen LogP contribution is -2.53. The highest BCUT2D eigenvalue weighted by Crippen LogP contribution is 2.61. The van der Waals surface area contributed by atoms with Crippen LogP contribution >= 0.6 is 24.0 Å². The van der Waals surface area contributed by atoms with Crippen LogP contribution in [0, 0.1) is 23.2 Å². The van der Waals surface area contributed by atoms with Crippen LogP contribution in [0.2, 0.25) is 0 Å². The van der Waals surface area contributed by atoms with Crippen LogP contribution in [0.3, 0.4) is 0 Å². The Morgan fingerprint density at radius 1 is 1.38 bits per heavy atom. The van der Waals surface area contributed by atoms with E-state index in [9.17, 15) is 0 Å². The van der Waals surface area contributed by atoms with Gasteiger partial charge in [-0.05, 0) is 42.4 Å². The Balaban J connectivity index is 1.85. The number of thiocarbonyl (C=S) groups is 1. The fraction of sp³-hybridized carbons (Fsp3) is 0.923. The molecule has 3 saturated carbocycles. The van der Waals surface area contributed by atoms with Crippen molar-refractivity contribution < 1.29 is 0 Å². The topological polar surface area (TPSA) is 3.24 Å². The third-order valence-electron chi connectivity index (χ3n) is 4.79. The van der Waals surface area contributed by atoms with Gasteiger partial charge < -0.3 is 4.90 Å². The molecule has 0 N–H and O–H groups in total. The van der Waals surface area contributed by atoms with E-state index in [0.29, 0.717) is 5.41 Å². The summed E-state index contributed by atoms with van der Waals surface area (Å²) in [5.74, 6) is 4.11. The van der Waals surface area contributed by atoms with Gasteiger partial charge in [0.1, 0.15) is 4.32 Å². The van der Waals surface area contributed by atoms with Crippen molar-refractivity contribution >= 4 is 28.3 Å². The Labute approximate surface area is 109 Å². The van der Waals surface area contributed by atoms with E-state index in [0.717, 1.165) is 22.1 Å². The first-order valence-corrected chi connectivity index (χ1v) is 7.66. The molecule has 3 rings (SSSR count). The van der Waals surface area contributed by atoms with Crippen molar-refractivity contribution in [1.29, 1.82) is 0 Å². The zero-order valence-electron chi connectivity index (χ0n) is 10.8. The van der Waals surface area contributed by atoms with Gasteiger partial charge in [0.2, 0.25) is 0 Å². The Kier molecular flexibility index (Phi) is 3.56. The average Bonchev–Trinajstić information content (AvgIpc) is 2.25. The van der Waals surface area contributed by atoms with Crippen molar-refractivity contribution in [3.8, 4) is 0 Å². The molecule has 0 amide bonds. The van der Waals surface area contributed by atoms with E-state index in [-0.39, 0.29) is 0 Å². The Morgan fingerprint density at radius 3 is 2.56 bits per heavy atom. The molecule has 0 aromatic carbocycles. The van der Waals surface area contributed by atoms with Gasteiger partial charge in [-0.25, -0.2) is 0 Å². The van der Waals surface area contributed by atoms with E-state index in [1.54, 1.807) is 0 Å². The van der Waals surface area contributed by atoms with Crippen LogP contribution in [0.5, 0.6) is 0 Å². The van der Waals surface area contributed by atoms with Crippen molar-refractivity contribution in [2.45, 2.75) is 33.1 Å². The summed E-state index contributed by atoms with van der Waals surface area (Å²) in [5.41, 5.74) is 0.614. The highest BCUT2D eigenvalue weighted by molar-refractivity contribution is 8.22. The molecular weight excluding hydrogens is 234 g/mol. The maximum absolute atomic E-state index is 5.34. The number of hydrogen-bond donors (Lipinski definition) is 0. The van der Waals surface area contributed by atoms with Gasteiger partial charge in [-0.2, -0.15) is 0 Å². The minimum atomic E-state index is 0.614. The quantitative estimate of drug-likeness (QED) is 0.695. The molecule has 16 heavy (non-hydrogen) atoms. The van der Waals surface area contributed by atoms with Crippen molar-refractivity contribution in [3.63, 3.8) is 0 Å². The van der Waals surface area contributed by atoms with Crippen LogP contribution in [0.25, 0.3) is 0 Å². The largest absolute Gasteiger partial charge is 0.364 e. The predicted octanol–water partition coefficient (Wildman–Crippen LogP) is 3.64. The minimum Gasteiger partial charge on any atom is -0.364 e. The molecule has 0 saturated heterocycles. The number of rotatable bonds is 2. The van der Waals surface area contributed by atoms with E-state index >= 15 is 0 Å². The van der Waals surface area contributed by atoms with Crippen molar-refractivity contribution in [2.75, 3.05) is 19.8 Å². The average molecular weight is 257 g/mol. The molecular formula is C13H23NS2. The summed E-state index contributed by atoms with van der Waals surface area (Å²) in [6.45, 7) is 4.93. The number of fused-ring (bicyclic) bond motifs is 2. The summed E-state index contributed by atoms with van der Waals surface area (Å²) in [6.07, 6.45) is 4.36. The molecule has 3 heteroatoms. The lowest BCUT2D eigenvalue weighted by Gasteiger charge is -2.60. The normalized spacial score (nSPS) is 35.4. The van der Waals surface area contributed by atoms with Crippen LogP contribution in [0.1, 0.15) is 33.1 Å². The molecule has 0 spiro atoms. The molecule has 0 heterocycles. The van der Waals surface area contributed by atoms with E-state index in [2.05, 4.69) is 18.7 Å². The van der Waals surface area contributed by atoms with E-state index in [1.807, 2.05) is 25.9 Å². The Bertz CT molecular complexity index is 284. The molecule has 3 aliphatic rings. The Hall–Kier alpha value is 0.240. The SMILES string of the molecule is CN(C)C(=S)SC[C@H]1CC[C@@H]2C[C@H]1C2(C)C. The molecule has 0 aromatic rings. The van der Waals surface area contributed by atoms with Gasteiger partial charge in [0.25, 0.3) is 0 Å². The van der Waals surface area contributed by atoms with Gasteiger partial charge in [0.15, 0.2) is 0 Å². The van der Waals surface area contributed by atoms with Crippen molar-refractivity contribution in [1.82, 2.24) is 4.90 Å². The maximum atomic E-state index is 5.34. The fourth-order valence-electron chi connectivity index (χ4n) is 3.47. The van der Waals surface area contributed by atoms with E-state index in [4.69, 9.17) is 12.2 Å². The summed E-state index contributed by atoms with van der Waals surface area (Å²) >= 11 is 7.22. The van der Waals surface area contributed by atoms with E-state index < -0.39 is 0 Å². The first-order valence-electron chi connectivity index (χ1n) is 6.27. The van der Waals surface area contributed by atoms with Gasteiger partial charge in [0, 0.05) is 19.8 Å². The summed E-state index contributed by atoms with van der Waals surface area (Å²) in [6, 6.07) is 0. The molecule has 2 bridgehead atoms. The first kappa shape index (κ1) is 12.7. The maximum Gasteiger partial charge on any atom is 0.135 e.